The molecule has 0 amide bonds. The van der Waals surface area contributed by atoms with Crippen molar-refractivity contribution in [1.29, 1.82) is 0 Å². The molecule has 0 unspecified atom stereocenters. The van der Waals surface area contributed by atoms with E-state index in [-0.39, 0.29) is 5.82 Å². The van der Waals surface area contributed by atoms with Crippen LogP contribution in [-0.2, 0) is 0 Å². The molecule has 1 aromatic carbocycles. The Hall–Kier alpha value is -2.43. The Kier molecular flexibility index (Phi) is 2.04. The number of nitrogens with zero attached hydrogens (tertiary/aromatic N) is 2. The Morgan fingerprint density at radius 3 is 2.88 bits per heavy atom. The average molecular weight is 228 g/mol. The maximum Gasteiger partial charge on any atom is 0.151 e. The molecule has 0 aliphatic rings. The van der Waals surface area contributed by atoms with Crippen molar-refractivity contribution in [3.8, 4) is 11.4 Å². The first-order valence-corrected chi connectivity index (χ1v) is 5.09. The molecule has 0 aliphatic heterocycles. The van der Waals surface area contributed by atoms with Crippen molar-refractivity contribution in [2.75, 3.05) is 5.73 Å². The van der Waals surface area contributed by atoms with E-state index in [2.05, 4.69) is 15.0 Å². The number of imidazole rings is 1. The molecule has 3 N–H and O–H groups in total. The van der Waals surface area contributed by atoms with Gasteiger partial charge in [-0.25, -0.2) is 9.37 Å². The number of aromatic nitrogens is 3. The van der Waals surface area contributed by atoms with E-state index in [9.17, 15) is 4.39 Å². The van der Waals surface area contributed by atoms with E-state index in [0.29, 0.717) is 22.5 Å². The lowest BCUT2D eigenvalue weighted by molar-refractivity contribution is 0.637. The molecule has 0 atom stereocenters. The molecule has 4 nitrogen and oxygen atoms in total. The van der Waals surface area contributed by atoms with E-state index in [1.807, 2.05) is 0 Å². The number of benzene rings is 1. The van der Waals surface area contributed by atoms with Gasteiger partial charge in [0.2, 0.25) is 0 Å². The van der Waals surface area contributed by atoms with Crippen LogP contribution in [0.5, 0.6) is 0 Å². The lowest BCUT2D eigenvalue weighted by Gasteiger charge is -1.96. The summed E-state index contributed by atoms with van der Waals surface area (Å²) in [6.45, 7) is 0. The van der Waals surface area contributed by atoms with Crippen LogP contribution in [0.2, 0.25) is 0 Å². The summed E-state index contributed by atoms with van der Waals surface area (Å²) in [4.78, 5) is 11.2. The van der Waals surface area contributed by atoms with Crippen LogP contribution < -0.4 is 5.73 Å². The Morgan fingerprint density at radius 2 is 2.12 bits per heavy atom. The quantitative estimate of drug-likeness (QED) is 0.671. The highest BCUT2D eigenvalue weighted by molar-refractivity contribution is 5.80. The molecular formula is C12H9FN4. The number of hydrogen-bond donors (Lipinski definition) is 2. The second-order valence-corrected chi connectivity index (χ2v) is 3.73. The monoisotopic (exact) mass is 228 g/mol. The van der Waals surface area contributed by atoms with Crippen molar-refractivity contribution < 1.29 is 4.39 Å². The van der Waals surface area contributed by atoms with Crippen LogP contribution in [0.3, 0.4) is 0 Å². The lowest BCUT2D eigenvalue weighted by atomic mass is 10.2. The van der Waals surface area contributed by atoms with Crippen molar-refractivity contribution in [3.63, 3.8) is 0 Å². The maximum absolute atomic E-state index is 13.5. The highest BCUT2D eigenvalue weighted by Gasteiger charge is 2.08. The molecule has 0 saturated carbocycles. The molecular weight excluding hydrogens is 219 g/mol. The predicted molar refractivity (Wildman–Crippen MR) is 63.7 cm³/mol. The van der Waals surface area contributed by atoms with Crippen LogP contribution in [0.4, 0.5) is 10.1 Å². The molecule has 0 aliphatic carbocycles. The van der Waals surface area contributed by atoms with E-state index in [1.54, 1.807) is 30.6 Å². The third kappa shape index (κ3) is 1.61. The van der Waals surface area contributed by atoms with Gasteiger partial charge in [0.05, 0.1) is 11.2 Å². The molecule has 2 aromatic heterocycles. The van der Waals surface area contributed by atoms with Crippen molar-refractivity contribution in [3.05, 3.63) is 42.5 Å². The molecule has 0 bridgehead atoms. The number of nitrogens with two attached hydrogens (primary N) is 1. The predicted octanol–water partition coefficient (Wildman–Crippen LogP) is 2.35. The molecule has 0 saturated heterocycles. The summed E-state index contributed by atoms with van der Waals surface area (Å²) >= 11 is 0. The Morgan fingerprint density at radius 1 is 1.24 bits per heavy atom. The molecule has 3 rings (SSSR count). The standard InChI is InChI=1S/C12H9FN4/c13-9-2-1-3-10-11(9)17-12(16-10)7-4-8(14)6-15-5-7/h1-6H,14H2,(H,16,17). The number of para-hydroxylation sites is 1. The molecule has 84 valence electrons. The smallest absolute Gasteiger partial charge is 0.151 e. The van der Waals surface area contributed by atoms with E-state index < -0.39 is 0 Å². The van der Waals surface area contributed by atoms with Crippen LogP contribution in [0.15, 0.2) is 36.7 Å². The van der Waals surface area contributed by atoms with Crippen LogP contribution in [0.1, 0.15) is 0 Å². The van der Waals surface area contributed by atoms with Crippen LogP contribution in [0.25, 0.3) is 22.4 Å². The van der Waals surface area contributed by atoms with Crippen LogP contribution in [-0.4, -0.2) is 15.0 Å². The van der Waals surface area contributed by atoms with Gasteiger partial charge >= 0.3 is 0 Å². The van der Waals surface area contributed by atoms with E-state index in [0.717, 1.165) is 5.56 Å². The summed E-state index contributed by atoms with van der Waals surface area (Å²) in [5, 5.41) is 0. The van der Waals surface area contributed by atoms with Crippen LogP contribution >= 0.6 is 0 Å². The van der Waals surface area contributed by atoms with Gasteiger partial charge < -0.3 is 10.7 Å². The number of fused-ring (bicyclic) bond motifs is 1. The van der Waals surface area contributed by atoms with Gasteiger partial charge in [0.1, 0.15) is 11.3 Å². The van der Waals surface area contributed by atoms with Crippen molar-refractivity contribution >= 4 is 16.7 Å². The van der Waals surface area contributed by atoms with Crippen LogP contribution in [0, 0.1) is 5.82 Å². The van der Waals surface area contributed by atoms with E-state index >= 15 is 0 Å². The van der Waals surface area contributed by atoms with Crippen molar-refractivity contribution in [1.82, 2.24) is 15.0 Å². The highest BCUT2D eigenvalue weighted by atomic mass is 19.1. The SMILES string of the molecule is Nc1cncc(-c2nc3c(F)cccc3[nH]2)c1. The minimum absolute atomic E-state index is 0.324. The second kappa shape index (κ2) is 3.55. The number of H-pyrrole nitrogens is 1. The van der Waals surface area contributed by atoms with Gasteiger partial charge in [-0.15, -0.1) is 0 Å². The van der Waals surface area contributed by atoms with Gasteiger partial charge in [-0.05, 0) is 18.2 Å². The number of rotatable bonds is 1. The normalized spacial score (nSPS) is 10.9. The molecule has 5 heteroatoms. The molecule has 0 radical (unpaired) electrons. The van der Waals surface area contributed by atoms with Gasteiger partial charge in [-0.2, -0.15) is 0 Å². The second-order valence-electron chi connectivity index (χ2n) is 3.73. The van der Waals surface area contributed by atoms with E-state index in [1.165, 1.54) is 6.07 Å². The Labute approximate surface area is 96.3 Å². The van der Waals surface area contributed by atoms with E-state index in [4.69, 9.17) is 5.73 Å². The van der Waals surface area contributed by atoms with Gasteiger partial charge in [-0.3, -0.25) is 4.98 Å². The highest BCUT2D eigenvalue weighted by Crippen LogP contribution is 2.22. The zero-order valence-corrected chi connectivity index (χ0v) is 8.81. The number of nitrogens with one attached hydrogen (secondary N) is 1. The van der Waals surface area contributed by atoms with Gasteiger partial charge in [0, 0.05) is 18.0 Å². The molecule has 2 heterocycles. The maximum atomic E-state index is 13.5. The molecule has 3 aromatic rings. The van der Waals surface area contributed by atoms with Crippen molar-refractivity contribution in [2.24, 2.45) is 0 Å². The first kappa shape index (κ1) is 9.77. The third-order valence-corrected chi connectivity index (χ3v) is 2.50. The first-order chi connectivity index (χ1) is 8.24. The number of halogens is 1. The third-order valence-electron chi connectivity index (χ3n) is 2.50. The fourth-order valence-corrected chi connectivity index (χ4v) is 1.72. The zero-order valence-electron chi connectivity index (χ0n) is 8.81. The largest absolute Gasteiger partial charge is 0.397 e. The Balaban J connectivity index is 2.22. The number of nitrogen functional groups attached to an aromatic ring is 1. The number of pyridine rings is 1. The fraction of sp³-hybridized carbons (Fsp3) is 0. The molecule has 0 fully saturated rings. The average Bonchev–Trinajstić information content (AvgIpc) is 2.74. The van der Waals surface area contributed by atoms with Gasteiger partial charge in [0.15, 0.2) is 5.82 Å². The fourth-order valence-electron chi connectivity index (χ4n) is 1.72. The topological polar surface area (TPSA) is 67.6 Å². The molecule has 0 spiro atoms. The minimum atomic E-state index is -0.345. The van der Waals surface area contributed by atoms with Gasteiger partial charge in [0.25, 0.3) is 0 Å². The number of anilines is 1. The summed E-state index contributed by atoms with van der Waals surface area (Å²) in [5.41, 5.74) is 7.90. The Bertz CT molecular complexity index is 690. The summed E-state index contributed by atoms with van der Waals surface area (Å²) in [7, 11) is 0. The summed E-state index contributed by atoms with van der Waals surface area (Å²) < 4.78 is 13.5. The summed E-state index contributed by atoms with van der Waals surface area (Å²) in [6, 6.07) is 6.53. The molecule has 17 heavy (non-hydrogen) atoms. The first-order valence-electron chi connectivity index (χ1n) is 5.09. The summed E-state index contributed by atoms with van der Waals surface area (Å²) in [5.74, 6) is 0.215. The van der Waals surface area contributed by atoms with Gasteiger partial charge in [-0.1, -0.05) is 6.07 Å². The minimum Gasteiger partial charge on any atom is -0.397 e. The summed E-state index contributed by atoms with van der Waals surface area (Å²) in [6.07, 6.45) is 3.18. The van der Waals surface area contributed by atoms with Crippen molar-refractivity contribution in [2.45, 2.75) is 0 Å². The zero-order chi connectivity index (χ0) is 11.8. The number of hydrogen-bond acceptors (Lipinski definition) is 3. The lowest BCUT2D eigenvalue weighted by Crippen LogP contribution is -1.88. The number of aromatic amines is 1.